The summed E-state index contributed by atoms with van der Waals surface area (Å²) in [6, 6.07) is 11.0. The average Bonchev–Trinajstić information content (AvgIpc) is 2.65. The molecule has 0 heterocycles. The zero-order valence-electron chi connectivity index (χ0n) is 16.7. The second-order valence-electron chi connectivity index (χ2n) is 6.55. The molecule has 3 nitrogen and oxygen atoms in total. The van der Waals surface area contributed by atoms with E-state index >= 15 is 0 Å². The van der Waals surface area contributed by atoms with Gasteiger partial charge in [-0.05, 0) is 26.3 Å². The van der Waals surface area contributed by atoms with E-state index in [2.05, 4.69) is 51.1 Å². The number of halogens is 9. The van der Waals surface area contributed by atoms with Gasteiger partial charge in [0.1, 0.15) is 0 Å². The Labute approximate surface area is 175 Å². The van der Waals surface area contributed by atoms with Crippen LogP contribution in [0.1, 0.15) is 26.3 Å². The topological polar surface area (TPSA) is 57.2 Å². The van der Waals surface area contributed by atoms with Gasteiger partial charge in [0.15, 0.2) is 10.1 Å². The van der Waals surface area contributed by atoms with E-state index in [4.69, 9.17) is 0 Å². The van der Waals surface area contributed by atoms with Crippen LogP contribution in [0.4, 0.5) is 39.5 Å². The van der Waals surface area contributed by atoms with Crippen LogP contribution in [0, 0.1) is 0 Å². The lowest BCUT2D eigenvalue weighted by Crippen LogP contribution is -2.63. The molecule has 0 aromatic heterocycles. The van der Waals surface area contributed by atoms with Crippen molar-refractivity contribution in [2.24, 2.45) is 0 Å². The van der Waals surface area contributed by atoms with E-state index in [9.17, 15) is 52.5 Å². The van der Waals surface area contributed by atoms with Crippen LogP contribution in [0.15, 0.2) is 30.3 Å². The minimum Gasteiger partial charge on any atom is -0.743 e. The SMILES string of the molecule is CC[P+](CC)(CC)Cc1ccccc1.O=S(=O)([O-])C(F)(F)C(F)(F)C(F)(F)C(F)(F)F. The van der Waals surface area contributed by atoms with Crippen LogP contribution in [0.5, 0.6) is 0 Å². The van der Waals surface area contributed by atoms with E-state index in [0.717, 1.165) is 0 Å². The van der Waals surface area contributed by atoms with E-state index in [1.807, 2.05) is 0 Å². The Kier molecular flexibility index (Phi) is 9.89. The van der Waals surface area contributed by atoms with Crippen molar-refractivity contribution in [3.63, 3.8) is 0 Å². The summed E-state index contributed by atoms with van der Waals surface area (Å²) in [5, 5.41) is -7.11. The third kappa shape index (κ3) is 6.47. The largest absolute Gasteiger partial charge is 0.743 e. The molecular weight excluding hydrogens is 486 g/mol. The van der Waals surface area contributed by atoms with Crippen molar-refractivity contribution >= 4 is 17.4 Å². The number of alkyl halides is 9. The van der Waals surface area contributed by atoms with Gasteiger partial charge in [-0.3, -0.25) is 0 Å². The average molecular weight is 508 g/mol. The molecule has 0 saturated carbocycles. The van der Waals surface area contributed by atoms with Crippen LogP contribution in [-0.2, 0) is 16.3 Å². The highest BCUT2D eigenvalue weighted by atomic mass is 32.2. The Morgan fingerprint density at radius 2 is 1.16 bits per heavy atom. The second-order valence-corrected chi connectivity index (χ2v) is 12.9. The highest BCUT2D eigenvalue weighted by molar-refractivity contribution is 7.86. The molecule has 0 fully saturated rings. The Balaban J connectivity index is 0.000000590. The summed E-state index contributed by atoms with van der Waals surface area (Å²) >= 11 is 0. The highest BCUT2D eigenvalue weighted by Crippen LogP contribution is 2.60. The van der Waals surface area contributed by atoms with Crippen LogP contribution in [0.2, 0.25) is 0 Å². The summed E-state index contributed by atoms with van der Waals surface area (Å²) in [6.45, 7) is 7.09. The zero-order valence-corrected chi connectivity index (χ0v) is 18.4. The number of hydrogen-bond acceptors (Lipinski definition) is 3. The monoisotopic (exact) mass is 508 g/mol. The van der Waals surface area contributed by atoms with E-state index in [-0.39, 0.29) is 0 Å². The molecule has 1 rings (SSSR count). The Bertz CT molecular complexity index is 785. The minimum atomic E-state index is -7.43. The van der Waals surface area contributed by atoms with Gasteiger partial charge in [-0.25, -0.2) is 8.42 Å². The van der Waals surface area contributed by atoms with E-state index in [1.165, 1.54) is 30.2 Å². The number of rotatable bonds is 8. The molecule has 0 saturated heterocycles. The first-order valence-corrected chi connectivity index (χ1v) is 12.7. The van der Waals surface area contributed by atoms with E-state index in [0.29, 0.717) is 0 Å². The van der Waals surface area contributed by atoms with E-state index in [1.54, 1.807) is 0 Å². The summed E-state index contributed by atoms with van der Waals surface area (Å²) < 4.78 is 135. The summed E-state index contributed by atoms with van der Waals surface area (Å²) in [5.41, 5.74) is 1.53. The van der Waals surface area contributed by atoms with Crippen molar-refractivity contribution < 1.29 is 52.5 Å². The van der Waals surface area contributed by atoms with E-state index < -0.39 is 40.7 Å². The highest BCUT2D eigenvalue weighted by Gasteiger charge is 2.83. The molecule has 0 N–H and O–H groups in total. The van der Waals surface area contributed by atoms with Gasteiger partial charge in [0.2, 0.25) is 0 Å². The first-order chi connectivity index (χ1) is 13.8. The molecule has 31 heavy (non-hydrogen) atoms. The Hall–Kier alpha value is -1.07. The molecule has 1 aromatic rings. The van der Waals surface area contributed by atoms with Crippen molar-refractivity contribution in [3.8, 4) is 0 Å². The lowest BCUT2D eigenvalue weighted by molar-refractivity contribution is -0.382. The fourth-order valence-corrected chi connectivity index (χ4v) is 5.93. The van der Waals surface area contributed by atoms with Crippen molar-refractivity contribution in [2.75, 3.05) is 18.5 Å². The number of hydrogen-bond donors (Lipinski definition) is 0. The van der Waals surface area contributed by atoms with Crippen molar-refractivity contribution in [2.45, 2.75) is 50.2 Å². The molecule has 0 aliphatic carbocycles. The smallest absolute Gasteiger partial charge is 0.460 e. The molecule has 0 radical (unpaired) electrons. The van der Waals surface area contributed by atoms with Gasteiger partial charge in [0.05, 0.1) is 24.6 Å². The van der Waals surface area contributed by atoms with Gasteiger partial charge in [0.25, 0.3) is 0 Å². The maximum Gasteiger partial charge on any atom is 0.460 e. The van der Waals surface area contributed by atoms with Gasteiger partial charge in [-0.15, -0.1) is 0 Å². The second kappa shape index (κ2) is 10.2. The summed E-state index contributed by atoms with van der Waals surface area (Å²) in [7, 11) is -8.08. The predicted molar refractivity (Wildman–Crippen MR) is 99.3 cm³/mol. The zero-order chi connectivity index (χ0) is 24.9. The molecule has 0 aliphatic heterocycles. The molecule has 14 heteroatoms. The van der Waals surface area contributed by atoms with Crippen LogP contribution in [0.3, 0.4) is 0 Å². The first-order valence-electron chi connectivity index (χ1n) is 8.81. The van der Waals surface area contributed by atoms with Crippen LogP contribution >= 0.6 is 7.26 Å². The maximum absolute atomic E-state index is 12.2. The van der Waals surface area contributed by atoms with Crippen LogP contribution < -0.4 is 0 Å². The summed E-state index contributed by atoms with van der Waals surface area (Å²) in [4.78, 5) is 0. The molecular formula is C17H22F9O3PS. The summed E-state index contributed by atoms with van der Waals surface area (Å²) in [5.74, 6) is -14.8. The first kappa shape index (κ1) is 29.9. The van der Waals surface area contributed by atoms with Gasteiger partial charge >= 0.3 is 23.3 Å². The Morgan fingerprint density at radius 1 is 0.774 bits per heavy atom. The van der Waals surface area contributed by atoms with Crippen molar-refractivity contribution in [3.05, 3.63) is 35.9 Å². The minimum absolute atomic E-state index is 0.661. The molecule has 0 atom stereocenters. The van der Waals surface area contributed by atoms with Gasteiger partial charge in [-0.2, -0.15) is 39.5 Å². The molecule has 0 spiro atoms. The molecule has 0 unspecified atom stereocenters. The lowest BCUT2D eigenvalue weighted by atomic mass is 10.1. The molecule has 0 bridgehead atoms. The maximum atomic E-state index is 12.2. The predicted octanol–water partition coefficient (Wildman–Crippen LogP) is 6.22. The standard InChI is InChI=1S/C13H22P.C4HF9O3S/c1-4-14(5-2,6-3)12-13-10-8-7-9-11-13;5-1(6,3(9,10)11)2(7,8)4(12,13)17(14,15)16/h7-11H,4-6,12H2,1-3H3;(H,14,15,16)/q+1;/p-1. The molecule has 0 amide bonds. The van der Waals surface area contributed by atoms with Gasteiger partial charge in [-0.1, -0.05) is 30.3 Å². The molecule has 1 aromatic carbocycles. The Morgan fingerprint density at radius 3 is 1.45 bits per heavy atom. The molecule has 0 aliphatic rings. The third-order valence-electron chi connectivity index (χ3n) is 4.80. The van der Waals surface area contributed by atoms with Crippen LogP contribution in [-0.4, -0.2) is 54.7 Å². The fraction of sp³-hybridized carbons (Fsp3) is 0.647. The van der Waals surface area contributed by atoms with Crippen LogP contribution in [0.25, 0.3) is 0 Å². The van der Waals surface area contributed by atoms with Crippen molar-refractivity contribution in [1.29, 1.82) is 0 Å². The van der Waals surface area contributed by atoms with Gasteiger partial charge in [0, 0.05) is 7.26 Å². The number of benzene rings is 1. The fourth-order valence-electron chi connectivity index (χ4n) is 2.49. The summed E-state index contributed by atoms with van der Waals surface area (Å²) in [6.07, 6.45) is -1.62. The lowest BCUT2D eigenvalue weighted by Gasteiger charge is -2.34. The quantitative estimate of drug-likeness (QED) is 0.238. The van der Waals surface area contributed by atoms with Crippen molar-refractivity contribution in [1.82, 2.24) is 0 Å². The normalized spacial score (nSPS) is 14.1. The van der Waals surface area contributed by atoms with Gasteiger partial charge < -0.3 is 4.55 Å². The molecule has 182 valence electrons. The third-order valence-corrected chi connectivity index (χ3v) is 10.7.